The highest BCUT2D eigenvalue weighted by atomic mass is 19.1. The summed E-state index contributed by atoms with van der Waals surface area (Å²) in [5.74, 6) is -0.308. The van der Waals surface area contributed by atoms with Gasteiger partial charge < -0.3 is 16.0 Å². The van der Waals surface area contributed by atoms with Gasteiger partial charge in [0.05, 0.1) is 24.2 Å². The van der Waals surface area contributed by atoms with Crippen LogP contribution >= 0.6 is 0 Å². The molecule has 0 bridgehead atoms. The molecule has 9 heteroatoms. The Labute approximate surface area is 178 Å². The lowest BCUT2D eigenvalue weighted by Crippen LogP contribution is -2.51. The number of benzene rings is 2. The van der Waals surface area contributed by atoms with E-state index in [4.69, 9.17) is 5.73 Å². The molecule has 2 aromatic carbocycles. The van der Waals surface area contributed by atoms with E-state index in [1.54, 1.807) is 11.0 Å². The third kappa shape index (κ3) is 4.77. The average molecular weight is 422 g/mol. The summed E-state index contributed by atoms with van der Waals surface area (Å²) in [6.45, 7) is 2.74. The lowest BCUT2D eigenvalue weighted by molar-refractivity contribution is -0.131. The number of nitrogen functional groups attached to an aromatic ring is 1. The van der Waals surface area contributed by atoms with Gasteiger partial charge in [-0.2, -0.15) is 0 Å². The number of para-hydroxylation sites is 1. The number of nitrogens with two attached hydrogens (primary N) is 1. The van der Waals surface area contributed by atoms with Crippen LogP contribution in [0.3, 0.4) is 0 Å². The molecule has 3 aromatic rings. The van der Waals surface area contributed by atoms with Crippen molar-refractivity contribution in [2.45, 2.75) is 6.54 Å². The molecule has 2 heterocycles. The normalized spacial score (nSPS) is 14.5. The molecule has 160 valence electrons. The Hall–Kier alpha value is -3.59. The van der Waals surface area contributed by atoms with E-state index in [2.05, 4.69) is 20.2 Å². The van der Waals surface area contributed by atoms with Gasteiger partial charge in [0, 0.05) is 31.6 Å². The minimum absolute atomic E-state index is 0.0743. The van der Waals surface area contributed by atoms with Gasteiger partial charge in [-0.1, -0.05) is 24.3 Å². The van der Waals surface area contributed by atoms with Crippen LogP contribution in [0.5, 0.6) is 0 Å². The summed E-state index contributed by atoms with van der Waals surface area (Å²) in [7, 11) is 0. The maximum Gasteiger partial charge on any atom is 0.254 e. The molecule has 0 aliphatic carbocycles. The fourth-order valence-electron chi connectivity index (χ4n) is 3.59. The van der Waals surface area contributed by atoms with E-state index in [1.807, 2.05) is 24.3 Å². The van der Waals surface area contributed by atoms with E-state index in [0.29, 0.717) is 44.4 Å². The monoisotopic (exact) mass is 422 g/mol. The third-order valence-corrected chi connectivity index (χ3v) is 5.29. The van der Waals surface area contributed by atoms with E-state index in [-0.39, 0.29) is 18.0 Å². The highest BCUT2D eigenvalue weighted by molar-refractivity contribution is 5.96. The van der Waals surface area contributed by atoms with E-state index < -0.39 is 11.7 Å². The average Bonchev–Trinajstić information content (AvgIpc) is 2.78. The van der Waals surface area contributed by atoms with Gasteiger partial charge in [-0.25, -0.2) is 14.4 Å². The van der Waals surface area contributed by atoms with Gasteiger partial charge in [0.15, 0.2) is 0 Å². The molecular formula is C22H23FN6O2. The number of aromatic nitrogens is 2. The fraction of sp³-hybridized carbons (Fsp3) is 0.273. The van der Waals surface area contributed by atoms with Crippen LogP contribution in [0.4, 0.5) is 10.2 Å². The fourth-order valence-corrected chi connectivity index (χ4v) is 3.59. The molecule has 1 fully saturated rings. The molecule has 2 amide bonds. The van der Waals surface area contributed by atoms with Crippen molar-refractivity contribution in [1.29, 1.82) is 0 Å². The molecule has 1 aliphatic heterocycles. The van der Waals surface area contributed by atoms with Gasteiger partial charge in [0.1, 0.15) is 17.5 Å². The first-order valence-corrected chi connectivity index (χ1v) is 10.1. The van der Waals surface area contributed by atoms with Gasteiger partial charge in [-0.3, -0.25) is 14.5 Å². The van der Waals surface area contributed by atoms with Gasteiger partial charge in [0.25, 0.3) is 5.91 Å². The van der Waals surface area contributed by atoms with Crippen molar-refractivity contribution in [3.05, 3.63) is 65.7 Å². The summed E-state index contributed by atoms with van der Waals surface area (Å²) in [5, 5.41) is 3.33. The number of anilines is 1. The second-order valence-electron chi connectivity index (χ2n) is 7.36. The summed E-state index contributed by atoms with van der Waals surface area (Å²) in [5.41, 5.74) is 6.79. The number of hydrogen-bond acceptors (Lipinski definition) is 6. The number of halogens is 1. The smallest absolute Gasteiger partial charge is 0.254 e. The number of piperazine rings is 1. The molecule has 4 rings (SSSR count). The minimum atomic E-state index is -0.613. The zero-order valence-electron chi connectivity index (χ0n) is 16.9. The predicted octanol–water partition coefficient (Wildman–Crippen LogP) is 1.43. The van der Waals surface area contributed by atoms with Crippen molar-refractivity contribution in [1.82, 2.24) is 25.1 Å². The second kappa shape index (κ2) is 9.05. The molecule has 0 saturated carbocycles. The number of fused-ring (bicyclic) bond motifs is 1. The van der Waals surface area contributed by atoms with Crippen LogP contribution in [-0.2, 0) is 11.3 Å². The lowest BCUT2D eigenvalue weighted by Gasteiger charge is -2.34. The lowest BCUT2D eigenvalue weighted by atomic mass is 10.2. The Kier molecular flexibility index (Phi) is 6.03. The van der Waals surface area contributed by atoms with Crippen molar-refractivity contribution in [3.63, 3.8) is 0 Å². The van der Waals surface area contributed by atoms with Gasteiger partial charge >= 0.3 is 0 Å². The number of carbonyl (C=O) groups is 2. The van der Waals surface area contributed by atoms with Crippen LogP contribution in [0.1, 0.15) is 16.2 Å². The van der Waals surface area contributed by atoms with Crippen molar-refractivity contribution in [2.24, 2.45) is 0 Å². The topological polar surface area (TPSA) is 104 Å². The summed E-state index contributed by atoms with van der Waals surface area (Å²) in [6.07, 6.45) is 0. The van der Waals surface area contributed by atoms with Crippen LogP contribution in [-0.4, -0.2) is 64.3 Å². The summed E-state index contributed by atoms with van der Waals surface area (Å²) < 4.78 is 13.7. The van der Waals surface area contributed by atoms with Crippen LogP contribution in [0, 0.1) is 5.82 Å². The first-order valence-electron chi connectivity index (χ1n) is 10.1. The Balaban J connectivity index is 1.28. The van der Waals surface area contributed by atoms with Crippen molar-refractivity contribution < 1.29 is 14.0 Å². The summed E-state index contributed by atoms with van der Waals surface area (Å²) in [6, 6.07) is 13.3. The van der Waals surface area contributed by atoms with Crippen molar-refractivity contribution >= 4 is 28.5 Å². The first-order chi connectivity index (χ1) is 15.0. The Morgan fingerprint density at radius 1 is 1.00 bits per heavy atom. The van der Waals surface area contributed by atoms with Crippen molar-refractivity contribution in [2.75, 3.05) is 38.5 Å². The maximum atomic E-state index is 13.7. The van der Waals surface area contributed by atoms with Crippen molar-refractivity contribution in [3.8, 4) is 0 Å². The largest absolute Gasteiger partial charge is 0.383 e. The van der Waals surface area contributed by atoms with Crippen LogP contribution < -0.4 is 11.1 Å². The van der Waals surface area contributed by atoms with E-state index in [9.17, 15) is 14.0 Å². The minimum Gasteiger partial charge on any atom is -0.383 e. The zero-order valence-corrected chi connectivity index (χ0v) is 16.9. The summed E-state index contributed by atoms with van der Waals surface area (Å²) in [4.78, 5) is 37.3. The van der Waals surface area contributed by atoms with E-state index in [1.165, 1.54) is 18.2 Å². The number of amides is 2. The van der Waals surface area contributed by atoms with Crippen LogP contribution in [0.15, 0.2) is 48.5 Å². The first kappa shape index (κ1) is 20.7. The van der Waals surface area contributed by atoms with Crippen LogP contribution in [0.2, 0.25) is 0 Å². The quantitative estimate of drug-likeness (QED) is 0.645. The number of hydrogen-bond donors (Lipinski definition) is 2. The number of carbonyl (C=O) groups excluding carboxylic acids is 2. The van der Waals surface area contributed by atoms with E-state index in [0.717, 1.165) is 10.9 Å². The number of nitrogens with zero attached hydrogens (tertiary/aromatic N) is 4. The Morgan fingerprint density at radius 2 is 1.71 bits per heavy atom. The molecule has 8 nitrogen and oxygen atoms in total. The second-order valence-corrected chi connectivity index (χ2v) is 7.36. The van der Waals surface area contributed by atoms with Crippen LogP contribution in [0.25, 0.3) is 10.9 Å². The van der Waals surface area contributed by atoms with Gasteiger partial charge in [-0.05, 0) is 24.3 Å². The third-order valence-electron chi connectivity index (χ3n) is 5.29. The van der Waals surface area contributed by atoms with E-state index >= 15 is 0 Å². The Morgan fingerprint density at radius 3 is 2.48 bits per heavy atom. The zero-order chi connectivity index (χ0) is 21.8. The maximum absolute atomic E-state index is 13.7. The SMILES string of the molecule is Nc1nc(CN2CCN(C(=O)CNC(=O)c3ccccc3F)CC2)nc2ccccc12. The molecule has 0 spiro atoms. The molecule has 1 aliphatic rings. The standard InChI is InChI=1S/C22H23FN6O2/c23-17-7-3-1-5-15(17)22(31)25-13-20(30)29-11-9-28(10-12-29)14-19-26-18-8-4-2-6-16(18)21(24)27-19/h1-8H,9-14H2,(H,25,31)(H2,24,26,27). The molecule has 1 saturated heterocycles. The highest BCUT2D eigenvalue weighted by Gasteiger charge is 2.22. The molecule has 0 radical (unpaired) electrons. The molecule has 1 aromatic heterocycles. The number of nitrogens with one attached hydrogen (secondary N) is 1. The molecule has 0 unspecified atom stereocenters. The molecule has 31 heavy (non-hydrogen) atoms. The molecular weight excluding hydrogens is 399 g/mol. The van der Waals surface area contributed by atoms with Gasteiger partial charge in [-0.15, -0.1) is 0 Å². The molecule has 3 N–H and O–H groups in total. The Bertz CT molecular complexity index is 1110. The summed E-state index contributed by atoms with van der Waals surface area (Å²) >= 11 is 0. The number of rotatable bonds is 5. The van der Waals surface area contributed by atoms with Gasteiger partial charge in [0.2, 0.25) is 5.91 Å². The predicted molar refractivity (Wildman–Crippen MR) is 115 cm³/mol. The highest BCUT2D eigenvalue weighted by Crippen LogP contribution is 2.18. The molecule has 0 atom stereocenters.